The SMILES string of the molecule is O=C(Cn1cc([N+](=O)[O-])cn1)Nc1nn(Cc2ccccc2F)cc1Cl. The summed E-state index contributed by atoms with van der Waals surface area (Å²) >= 11 is 6.04. The molecular weight excluding hydrogens is 367 g/mol. The smallest absolute Gasteiger partial charge is 0.306 e. The number of halogens is 2. The van der Waals surface area contributed by atoms with Crippen LogP contribution in [0, 0.1) is 15.9 Å². The van der Waals surface area contributed by atoms with Gasteiger partial charge in [-0.05, 0) is 6.07 Å². The topological polar surface area (TPSA) is 108 Å². The van der Waals surface area contributed by atoms with Crippen molar-refractivity contribution in [3.05, 3.63) is 69.4 Å². The highest BCUT2D eigenvalue weighted by Gasteiger charge is 2.14. The number of amides is 1. The van der Waals surface area contributed by atoms with E-state index in [1.165, 1.54) is 16.9 Å². The van der Waals surface area contributed by atoms with Gasteiger partial charge in [-0.25, -0.2) is 4.39 Å². The van der Waals surface area contributed by atoms with E-state index in [9.17, 15) is 19.3 Å². The van der Waals surface area contributed by atoms with Gasteiger partial charge in [0.2, 0.25) is 5.91 Å². The van der Waals surface area contributed by atoms with Gasteiger partial charge in [0.05, 0.1) is 11.5 Å². The molecule has 0 aliphatic carbocycles. The fourth-order valence-electron chi connectivity index (χ4n) is 2.22. The van der Waals surface area contributed by atoms with Crippen molar-refractivity contribution in [3.8, 4) is 0 Å². The van der Waals surface area contributed by atoms with E-state index in [4.69, 9.17) is 11.6 Å². The number of benzene rings is 1. The van der Waals surface area contributed by atoms with Crippen LogP contribution in [0.3, 0.4) is 0 Å². The molecule has 0 radical (unpaired) electrons. The molecule has 11 heteroatoms. The van der Waals surface area contributed by atoms with Crippen molar-refractivity contribution < 1.29 is 14.1 Å². The number of aromatic nitrogens is 4. The molecule has 0 aliphatic rings. The van der Waals surface area contributed by atoms with Gasteiger partial charge >= 0.3 is 5.69 Å². The van der Waals surface area contributed by atoms with E-state index in [1.807, 2.05) is 0 Å². The lowest BCUT2D eigenvalue weighted by molar-refractivity contribution is -0.385. The van der Waals surface area contributed by atoms with Gasteiger partial charge < -0.3 is 5.32 Å². The van der Waals surface area contributed by atoms with Gasteiger partial charge in [-0.3, -0.25) is 24.3 Å². The van der Waals surface area contributed by atoms with E-state index in [1.54, 1.807) is 18.2 Å². The molecule has 3 aromatic rings. The van der Waals surface area contributed by atoms with E-state index in [-0.39, 0.29) is 35.4 Å². The van der Waals surface area contributed by atoms with Crippen molar-refractivity contribution in [1.82, 2.24) is 19.6 Å². The van der Waals surface area contributed by atoms with Crippen molar-refractivity contribution in [2.75, 3.05) is 5.32 Å². The minimum Gasteiger partial charge on any atom is -0.306 e. The Hall–Kier alpha value is -3.27. The Balaban J connectivity index is 1.66. The molecular formula is C15H12ClFN6O3. The molecule has 0 bridgehead atoms. The molecule has 1 N–H and O–H groups in total. The summed E-state index contributed by atoms with van der Waals surface area (Å²) in [7, 11) is 0. The quantitative estimate of drug-likeness (QED) is 0.523. The van der Waals surface area contributed by atoms with Crippen LogP contribution in [-0.2, 0) is 17.9 Å². The van der Waals surface area contributed by atoms with E-state index in [0.29, 0.717) is 5.56 Å². The number of nitro groups is 1. The molecule has 26 heavy (non-hydrogen) atoms. The van der Waals surface area contributed by atoms with Gasteiger partial charge in [0.15, 0.2) is 5.82 Å². The highest BCUT2D eigenvalue weighted by Crippen LogP contribution is 2.20. The Morgan fingerprint density at radius 1 is 1.31 bits per heavy atom. The number of carbonyl (C=O) groups is 1. The van der Waals surface area contributed by atoms with Crippen LogP contribution in [0.1, 0.15) is 5.56 Å². The molecule has 1 aromatic carbocycles. The Bertz CT molecular complexity index is 970. The van der Waals surface area contributed by atoms with E-state index < -0.39 is 10.8 Å². The summed E-state index contributed by atoms with van der Waals surface area (Å²) < 4.78 is 16.2. The van der Waals surface area contributed by atoms with Crippen molar-refractivity contribution in [2.45, 2.75) is 13.1 Å². The molecule has 9 nitrogen and oxygen atoms in total. The standard InChI is InChI=1S/C15H12ClFN6O3/c16-12-8-22(6-10-3-1-2-4-13(10)17)20-15(12)19-14(24)9-21-7-11(5-18-21)23(25)26/h1-5,7-8H,6,9H2,(H,19,20,24). The maximum absolute atomic E-state index is 13.7. The van der Waals surface area contributed by atoms with Crippen molar-refractivity contribution >= 4 is 29.0 Å². The second-order valence-electron chi connectivity index (χ2n) is 5.32. The van der Waals surface area contributed by atoms with Crippen LogP contribution in [0.15, 0.2) is 42.9 Å². The lowest BCUT2D eigenvalue weighted by Gasteiger charge is -2.04. The lowest BCUT2D eigenvalue weighted by Crippen LogP contribution is -2.19. The number of nitrogens with one attached hydrogen (secondary N) is 1. The summed E-state index contributed by atoms with van der Waals surface area (Å²) in [6.45, 7) is -0.0992. The predicted octanol–water partition coefficient (Wildman–Crippen LogP) is 2.47. The van der Waals surface area contributed by atoms with Gasteiger partial charge in [0.1, 0.15) is 29.8 Å². The number of hydrogen-bond acceptors (Lipinski definition) is 5. The number of rotatable bonds is 6. The van der Waals surface area contributed by atoms with Crippen LogP contribution in [0.25, 0.3) is 0 Å². The normalized spacial score (nSPS) is 10.7. The highest BCUT2D eigenvalue weighted by atomic mass is 35.5. The number of carbonyl (C=O) groups excluding carboxylic acids is 1. The van der Waals surface area contributed by atoms with Gasteiger partial charge in [0, 0.05) is 11.8 Å². The van der Waals surface area contributed by atoms with E-state index in [0.717, 1.165) is 17.1 Å². The van der Waals surface area contributed by atoms with E-state index in [2.05, 4.69) is 15.5 Å². The van der Waals surface area contributed by atoms with Gasteiger partial charge in [-0.2, -0.15) is 10.2 Å². The van der Waals surface area contributed by atoms with Gasteiger partial charge in [-0.15, -0.1) is 0 Å². The fraction of sp³-hybridized carbons (Fsp3) is 0.133. The zero-order valence-corrected chi connectivity index (χ0v) is 13.9. The molecule has 0 spiro atoms. The van der Waals surface area contributed by atoms with Gasteiger partial charge in [0.25, 0.3) is 0 Å². The molecule has 2 aromatic heterocycles. The molecule has 0 aliphatic heterocycles. The summed E-state index contributed by atoms with van der Waals surface area (Å²) in [6.07, 6.45) is 3.64. The maximum Gasteiger partial charge on any atom is 0.307 e. The Morgan fingerprint density at radius 2 is 2.08 bits per heavy atom. The molecule has 0 saturated heterocycles. The first-order chi connectivity index (χ1) is 12.4. The van der Waals surface area contributed by atoms with Crippen LogP contribution in [-0.4, -0.2) is 30.4 Å². The summed E-state index contributed by atoms with van der Waals surface area (Å²) in [4.78, 5) is 22.0. The zero-order valence-electron chi connectivity index (χ0n) is 13.2. The van der Waals surface area contributed by atoms with Crippen LogP contribution in [0.5, 0.6) is 0 Å². The van der Waals surface area contributed by atoms with Crippen LogP contribution in [0.2, 0.25) is 5.02 Å². The molecule has 134 valence electrons. The number of nitrogens with zero attached hydrogens (tertiary/aromatic N) is 5. The third-order valence-corrected chi connectivity index (χ3v) is 3.68. The minimum absolute atomic E-state index is 0.106. The van der Waals surface area contributed by atoms with E-state index >= 15 is 0 Å². The van der Waals surface area contributed by atoms with Crippen LogP contribution in [0.4, 0.5) is 15.9 Å². The largest absolute Gasteiger partial charge is 0.307 e. The van der Waals surface area contributed by atoms with Crippen LogP contribution >= 0.6 is 11.6 Å². The molecule has 0 saturated carbocycles. The van der Waals surface area contributed by atoms with Crippen molar-refractivity contribution in [3.63, 3.8) is 0 Å². The first kappa shape index (κ1) is 17.5. The third kappa shape index (κ3) is 4.03. The second-order valence-corrected chi connectivity index (χ2v) is 5.72. The first-order valence-electron chi connectivity index (χ1n) is 7.35. The molecule has 2 heterocycles. The predicted molar refractivity (Wildman–Crippen MR) is 90.3 cm³/mol. The highest BCUT2D eigenvalue weighted by molar-refractivity contribution is 6.33. The molecule has 1 amide bonds. The minimum atomic E-state index is -0.608. The zero-order chi connectivity index (χ0) is 18.7. The third-order valence-electron chi connectivity index (χ3n) is 3.40. The Kier molecular flexibility index (Phi) is 4.94. The average molecular weight is 379 g/mol. The summed E-state index contributed by atoms with van der Waals surface area (Å²) in [5.41, 5.74) is 0.207. The van der Waals surface area contributed by atoms with Crippen LogP contribution < -0.4 is 5.32 Å². The lowest BCUT2D eigenvalue weighted by atomic mass is 10.2. The summed E-state index contributed by atoms with van der Waals surface area (Å²) in [5.74, 6) is -0.777. The monoisotopic (exact) mass is 378 g/mol. The first-order valence-corrected chi connectivity index (χ1v) is 7.73. The Morgan fingerprint density at radius 3 is 2.77 bits per heavy atom. The fourth-order valence-corrected chi connectivity index (χ4v) is 2.41. The second kappa shape index (κ2) is 7.31. The molecule has 0 fully saturated rings. The molecule has 3 rings (SSSR count). The van der Waals surface area contributed by atoms with Crippen molar-refractivity contribution in [1.29, 1.82) is 0 Å². The average Bonchev–Trinajstić information content (AvgIpc) is 3.17. The van der Waals surface area contributed by atoms with Gasteiger partial charge in [-0.1, -0.05) is 29.8 Å². The Labute approximate surface area is 151 Å². The summed E-state index contributed by atoms with van der Waals surface area (Å²) in [6, 6.07) is 6.25. The molecule has 0 atom stereocenters. The van der Waals surface area contributed by atoms with Crippen molar-refractivity contribution in [2.24, 2.45) is 0 Å². The number of hydrogen-bond donors (Lipinski definition) is 1. The summed E-state index contributed by atoms with van der Waals surface area (Å²) in [5, 5.41) is 21.1. The number of anilines is 1. The molecule has 0 unspecified atom stereocenters. The maximum atomic E-state index is 13.7.